The fraction of sp³-hybridized carbons (Fsp3) is 0.185. The minimum Gasteiger partial charge on any atom is -0.507 e. The number of hydrogen-bond acceptors (Lipinski definition) is 4. The van der Waals surface area contributed by atoms with Gasteiger partial charge in [0.15, 0.2) is 0 Å². The number of nitrogens with zero attached hydrogens (tertiary/aromatic N) is 1. The van der Waals surface area contributed by atoms with Crippen molar-refractivity contribution in [3.63, 3.8) is 0 Å². The summed E-state index contributed by atoms with van der Waals surface area (Å²) in [6.45, 7) is 5.69. The third kappa shape index (κ3) is 4.00. The number of aryl methyl sites for hydroxylation is 3. The Morgan fingerprint density at radius 3 is 2.15 bits per heavy atom. The molecule has 33 heavy (non-hydrogen) atoms. The number of carbonyl (C=O) groups excluding carboxylic acids is 2. The van der Waals surface area contributed by atoms with Crippen LogP contribution in [-0.4, -0.2) is 23.9 Å². The van der Waals surface area contributed by atoms with Crippen LogP contribution in [0.25, 0.3) is 5.76 Å². The summed E-state index contributed by atoms with van der Waals surface area (Å²) in [5, 5.41) is 11.7. The van der Waals surface area contributed by atoms with E-state index in [0.29, 0.717) is 16.3 Å². The van der Waals surface area contributed by atoms with E-state index in [0.717, 1.165) is 16.7 Å². The number of ketones is 1. The highest BCUT2D eigenvalue weighted by Gasteiger charge is 2.47. The van der Waals surface area contributed by atoms with Crippen LogP contribution in [0.3, 0.4) is 0 Å². The zero-order valence-corrected chi connectivity index (χ0v) is 19.6. The van der Waals surface area contributed by atoms with Crippen molar-refractivity contribution in [1.29, 1.82) is 0 Å². The van der Waals surface area contributed by atoms with Crippen LogP contribution in [0.2, 0.25) is 5.02 Å². The van der Waals surface area contributed by atoms with Gasteiger partial charge in [0.2, 0.25) is 0 Å². The molecule has 1 saturated heterocycles. The molecule has 0 saturated carbocycles. The SMILES string of the molecule is COc1c(Cl)cc(C)cc1/C(O)=C1\C(=O)C(=O)N(c2cc(C)cc(C)c2)C1c1ccccc1. The molecule has 0 spiro atoms. The van der Waals surface area contributed by atoms with Gasteiger partial charge in [0, 0.05) is 5.69 Å². The van der Waals surface area contributed by atoms with Gasteiger partial charge in [-0.3, -0.25) is 14.5 Å². The largest absolute Gasteiger partial charge is 0.507 e. The first-order valence-corrected chi connectivity index (χ1v) is 10.9. The van der Waals surface area contributed by atoms with Crippen LogP contribution in [0.15, 0.2) is 66.2 Å². The summed E-state index contributed by atoms with van der Waals surface area (Å²) in [5.41, 5.74) is 4.26. The average molecular weight is 462 g/mol. The quantitative estimate of drug-likeness (QED) is 0.298. The van der Waals surface area contributed by atoms with Crippen LogP contribution in [0.5, 0.6) is 5.75 Å². The third-order valence-electron chi connectivity index (χ3n) is 5.69. The second kappa shape index (κ2) is 8.75. The number of hydrogen-bond donors (Lipinski definition) is 1. The average Bonchev–Trinajstić information content (AvgIpc) is 3.03. The van der Waals surface area contributed by atoms with Gasteiger partial charge in [0.25, 0.3) is 11.7 Å². The molecule has 1 fully saturated rings. The number of Topliss-reactive ketones (excluding diaryl/α,β-unsaturated/α-hetero) is 1. The van der Waals surface area contributed by atoms with E-state index >= 15 is 0 Å². The summed E-state index contributed by atoms with van der Waals surface area (Å²) in [6, 6.07) is 17.5. The number of rotatable bonds is 4. The van der Waals surface area contributed by atoms with E-state index < -0.39 is 17.7 Å². The van der Waals surface area contributed by atoms with E-state index in [1.54, 1.807) is 12.1 Å². The number of benzene rings is 3. The van der Waals surface area contributed by atoms with Gasteiger partial charge in [-0.05, 0) is 67.3 Å². The van der Waals surface area contributed by atoms with Crippen LogP contribution in [0.1, 0.15) is 33.9 Å². The second-order valence-corrected chi connectivity index (χ2v) is 8.66. The van der Waals surface area contributed by atoms with Crippen molar-refractivity contribution in [2.45, 2.75) is 26.8 Å². The molecule has 6 heteroatoms. The molecule has 0 bridgehead atoms. The van der Waals surface area contributed by atoms with Gasteiger partial charge >= 0.3 is 0 Å². The molecule has 1 amide bonds. The van der Waals surface area contributed by atoms with Gasteiger partial charge in [0.1, 0.15) is 11.5 Å². The Bertz CT molecular complexity index is 1280. The lowest BCUT2D eigenvalue weighted by molar-refractivity contribution is -0.132. The molecule has 168 valence electrons. The molecule has 1 atom stereocenters. The van der Waals surface area contributed by atoms with Crippen molar-refractivity contribution in [1.82, 2.24) is 0 Å². The molecule has 1 heterocycles. The highest BCUT2D eigenvalue weighted by molar-refractivity contribution is 6.51. The monoisotopic (exact) mass is 461 g/mol. The van der Waals surface area contributed by atoms with Crippen molar-refractivity contribution >= 4 is 34.7 Å². The summed E-state index contributed by atoms with van der Waals surface area (Å²) < 4.78 is 5.42. The summed E-state index contributed by atoms with van der Waals surface area (Å²) in [6.07, 6.45) is 0. The normalized spacial score (nSPS) is 17.5. The third-order valence-corrected chi connectivity index (χ3v) is 5.97. The number of methoxy groups -OCH3 is 1. The molecule has 3 aromatic rings. The van der Waals surface area contributed by atoms with Crippen molar-refractivity contribution in [2.24, 2.45) is 0 Å². The van der Waals surface area contributed by atoms with Gasteiger partial charge in [-0.1, -0.05) is 48.0 Å². The fourth-order valence-electron chi connectivity index (χ4n) is 4.40. The first-order chi connectivity index (χ1) is 15.7. The molecule has 1 N–H and O–H groups in total. The van der Waals surface area contributed by atoms with E-state index in [9.17, 15) is 14.7 Å². The first kappa shape index (κ1) is 22.6. The van der Waals surface area contributed by atoms with Crippen molar-refractivity contribution in [3.05, 3.63) is 99.1 Å². The molecule has 1 aliphatic rings. The summed E-state index contributed by atoms with van der Waals surface area (Å²) in [4.78, 5) is 28.1. The number of carbonyl (C=O) groups is 2. The van der Waals surface area contributed by atoms with E-state index in [2.05, 4.69) is 0 Å². The minimum atomic E-state index is -0.809. The van der Waals surface area contributed by atoms with Crippen LogP contribution in [-0.2, 0) is 9.59 Å². The Morgan fingerprint density at radius 2 is 1.55 bits per heavy atom. The van der Waals surface area contributed by atoms with Crippen LogP contribution in [0, 0.1) is 20.8 Å². The van der Waals surface area contributed by atoms with Crippen molar-refractivity contribution in [2.75, 3.05) is 12.0 Å². The topological polar surface area (TPSA) is 66.8 Å². The number of halogens is 1. The molecule has 3 aromatic carbocycles. The maximum atomic E-state index is 13.3. The van der Waals surface area contributed by atoms with Crippen molar-refractivity contribution in [3.8, 4) is 5.75 Å². The van der Waals surface area contributed by atoms with E-state index in [1.807, 2.05) is 69.3 Å². The minimum absolute atomic E-state index is 0.00896. The number of anilines is 1. The lowest BCUT2D eigenvalue weighted by Gasteiger charge is -2.26. The smallest absolute Gasteiger partial charge is 0.300 e. The number of aliphatic hydroxyl groups excluding tert-OH is 1. The molecule has 1 aliphatic heterocycles. The maximum absolute atomic E-state index is 13.3. The Hall–Kier alpha value is -3.57. The van der Waals surface area contributed by atoms with E-state index in [-0.39, 0.29) is 22.6 Å². The van der Waals surface area contributed by atoms with Crippen LogP contribution >= 0.6 is 11.6 Å². The van der Waals surface area contributed by atoms with Crippen LogP contribution < -0.4 is 9.64 Å². The molecule has 4 rings (SSSR count). The Morgan fingerprint density at radius 1 is 0.939 bits per heavy atom. The molecule has 5 nitrogen and oxygen atoms in total. The molecular weight excluding hydrogens is 438 g/mol. The fourth-order valence-corrected chi connectivity index (χ4v) is 4.75. The molecule has 0 aliphatic carbocycles. The molecule has 1 unspecified atom stereocenters. The summed E-state index contributed by atoms with van der Waals surface area (Å²) in [5.74, 6) is -1.55. The van der Waals surface area contributed by atoms with Crippen molar-refractivity contribution < 1.29 is 19.4 Å². The summed E-state index contributed by atoms with van der Waals surface area (Å²) >= 11 is 6.34. The number of ether oxygens (including phenoxy) is 1. The van der Waals surface area contributed by atoms with Gasteiger partial charge in [0.05, 0.1) is 29.3 Å². The zero-order chi connectivity index (χ0) is 23.9. The maximum Gasteiger partial charge on any atom is 0.300 e. The van der Waals surface area contributed by atoms with Gasteiger partial charge in [-0.15, -0.1) is 0 Å². The Labute approximate surface area is 197 Å². The molecule has 0 radical (unpaired) electrons. The number of amides is 1. The van der Waals surface area contributed by atoms with E-state index in [1.165, 1.54) is 12.0 Å². The van der Waals surface area contributed by atoms with Gasteiger partial charge in [-0.25, -0.2) is 0 Å². The summed E-state index contributed by atoms with van der Waals surface area (Å²) in [7, 11) is 1.44. The Balaban J connectivity index is 2.02. The van der Waals surface area contributed by atoms with Gasteiger partial charge in [-0.2, -0.15) is 0 Å². The molecular formula is C27H24ClNO4. The van der Waals surface area contributed by atoms with Crippen LogP contribution in [0.4, 0.5) is 5.69 Å². The Kier molecular flexibility index (Phi) is 6.00. The lowest BCUT2D eigenvalue weighted by Crippen LogP contribution is -2.29. The second-order valence-electron chi connectivity index (χ2n) is 8.25. The predicted molar refractivity (Wildman–Crippen MR) is 130 cm³/mol. The lowest BCUT2D eigenvalue weighted by atomic mass is 9.94. The zero-order valence-electron chi connectivity index (χ0n) is 18.8. The standard InChI is InChI=1S/C27H24ClNO4/c1-15-10-16(2)12-19(11-15)29-23(18-8-6-5-7-9-18)22(25(31)27(29)32)24(30)20-13-17(3)14-21(28)26(20)33-4/h5-14,23,30H,1-4H3/b24-22+. The first-order valence-electron chi connectivity index (χ1n) is 10.5. The van der Waals surface area contributed by atoms with E-state index in [4.69, 9.17) is 16.3 Å². The predicted octanol–water partition coefficient (Wildman–Crippen LogP) is 5.90. The highest BCUT2D eigenvalue weighted by atomic mass is 35.5. The highest BCUT2D eigenvalue weighted by Crippen LogP contribution is 2.44. The number of aliphatic hydroxyl groups is 1. The van der Waals surface area contributed by atoms with Gasteiger partial charge < -0.3 is 9.84 Å². The molecule has 0 aromatic heterocycles.